The van der Waals surface area contributed by atoms with Gasteiger partial charge in [-0.1, -0.05) is 6.92 Å². The highest BCUT2D eigenvalue weighted by atomic mass is 16.4. The Bertz CT molecular complexity index is 391. The molecule has 0 saturated carbocycles. The van der Waals surface area contributed by atoms with Gasteiger partial charge in [0.2, 0.25) is 0 Å². The summed E-state index contributed by atoms with van der Waals surface area (Å²) >= 11 is 0. The van der Waals surface area contributed by atoms with Crippen molar-refractivity contribution >= 4 is 5.97 Å². The van der Waals surface area contributed by atoms with Gasteiger partial charge in [-0.2, -0.15) is 0 Å². The summed E-state index contributed by atoms with van der Waals surface area (Å²) in [5, 5.41) is 19.1. The number of pyridine rings is 1. The van der Waals surface area contributed by atoms with Crippen molar-refractivity contribution in [2.24, 2.45) is 5.92 Å². The molecule has 14 heavy (non-hydrogen) atoms. The Morgan fingerprint density at radius 2 is 2.43 bits per heavy atom. The summed E-state index contributed by atoms with van der Waals surface area (Å²) in [6.07, 6.45) is 3.68. The molecular formula is C10H11NO3. The summed E-state index contributed by atoms with van der Waals surface area (Å²) in [5.74, 6) is -1.49. The molecule has 1 aliphatic rings. The van der Waals surface area contributed by atoms with E-state index in [1.54, 1.807) is 19.2 Å². The van der Waals surface area contributed by atoms with E-state index < -0.39 is 11.6 Å². The molecule has 1 aromatic rings. The van der Waals surface area contributed by atoms with Crippen LogP contribution in [0.5, 0.6) is 0 Å². The third-order valence-electron chi connectivity index (χ3n) is 2.88. The van der Waals surface area contributed by atoms with Crippen molar-refractivity contribution in [1.82, 2.24) is 4.98 Å². The van der Waals surface area contributed by atoms with Gasteiger partial charge in [-0.25, -0.2) is 4.79 Å². The second-order valence-electron chi connectivity index (χ2n) is 3.71. The average Bonchev–Trinajstić information content (AvgIpc) is 2.41. The molecule has 4 heteroatoms. The molecule has 2 unspecified atom stereocenters. The van der Waals surface area contributed by atoms with Crippen LogP contribution in [0.4, 0.5) is 0 Å². The number of aromatic nitrogens is 1. The summed E-state index contributed by atoms with van der Waals surface area (Å²) in [7, 11) is 0. The molecule has 0 aromatic carbocycles. The molecule has 4 nitrogen and oxygen atoms in total. The highest BCUT2D eigenvalue weighted by molar-refractivity contribution is 5.81. The van der Waals surface area contributed by atoms with Gasteiger partial charge in [0, 0.05) is 23.9 Å². The minimum Gasteiger partial charge on any atom is -0.479 e. The number of hydrogen-bond donors (Lipinski definition) is 2. The predicted octanol–water partition coefficient (Wildman–Crippen LogP) is 0.546. The Hall–Kier alpha value is -1.42. The first-order valence-corrected chi connectivity index (χ1v) is 4.46. The molecule has 2 rings (SSSR count). The van der Waals surface area contributed by atoms with Crippen LogP contribution in [0.25, 0.3) is 0 Å². The number of carboxylic acid groups (broad SMARTS) is 1. The van der Waals surface area contributed by atoms with E-state index in [1.807, 2.05) is 0 Å². The smallest absolute Gasteiger partial charge is 0.340 e. The lowest BCUT2D eigenvalue weighted by Crippen LogP contribution is -2.38. The van der Waals surface area contributed by atoms with Crippen LogP contribution in [0, 0.1) is 5.92 Å². The van der Waals surface area contributed by atoms with Crippen LogP contribution in [-0.2, 0) is 16.8 Å². The van der Waals surface area contributed by atoms with Crippen LogP contribution in [0.15, 0.2) is 18.5 Å². The first-order valence-electron chi connectivity index (χ1n) is 4.46. The van der Waals surface area contributed by atoms with E-state index in [4.69, 9.17) is 5.11 Å². The summed E-state index contributed by atoms with van der Waals surface area (Å²) in [5.41, 5.74) is -0.435. The molecule has 2 atom stereocenters. The lowest BCUT2D eigenvalue weighted by atomic mass is 9.89. The second-order valence-corrected chi connectivity index (χ2v) is 3.71. The van der Waals surface area contributed by atoms with Crippen molar-refractivity contribution in [3.8, 4) is 0 Å². The summed E-state index contributed by atoms with van der Waals surface area (Å²) in [6, 6.07) is 1.58. The van der Waals surface area contributed by atoms with E-state index >= 15 is 0 Å². The molecule has 0 saturated heterocycles. The molecule has 1 heterocycles. The monoisotopic (exact) mass is 193 g/mol. The number of nitrogens with zero attached hydrogens (tertiary/aromatic N) is 1. The van der Waals surface area contributed by atoms with Crippen molar-refractivity contribution in [3.05, 3.63) is 29.6 Å². The molecule has 0 aliphatic heterocycles. The van der Waals surface area contributed by atoms with Gasteiger partial charge in [-0.15, -0.1) is 0 Å². The zero-order valence-corrected chi connectivity index (χ0v) is 7.77. The third kappa shape index (κ3) is 0.974. The van der Waals surface area contributed by atoms with E-state index in [2.05, 4.69) is 4.98 Å². The number of hydrogen-bond acceptors (Lipinski definition) is 3. The molecular weight excluding hydrogens is 182 g/mol. The van der Waals surface area contributed by atoms with E-state index in [0.29, 0.717) is 12.0 Å². The highest BCUT2D eigenvalue weighted by Crippen LogP contribution is 2.40. The zero-order chi connectivity index (χ0) is 10.3. The quantitative estimate of drug-likeness (QED) is 0.683. The molecule has 1 aliphatic carbocycles. The van der Waals surface area contributed by atoms with Crippen LogP contribution in [0.2, 0.25) is 0 Å². The van der Waals surface area contributed by atoms with Gasteiger partial charge in [0.05, 0.1) is 0 Å². The normalized spacial score (nSPS) is 30.0. The maximum Gasteiger partial charge on any atom is 0.340 e. The molecule has 0 radical (unpaired) electrons. The summed E-state index contributed by atoms with van der Waals surface area (Å²) in [4.78, 5) is 14.9. The van der Waals surface area contributed by atoms with Crippen LogP contribution in [-0.4, -0.2) is 21.2 Å². The predicted molar refractivity (Wildman–Crippen MR) is 48.6 cm³/mol. The van der Waals surface area contributed by atoms with Gasteiger partial charge < -0.3 is 10.2 Å². The van der Waals surface area contributed by atoms with Gasteiger partial charge in [-0.3, -0.25) is 4.98 Å². The second kappa shape index (κ2) is 2.78. The van der Waals surface area contributed by atoms with Crippen molar-refractivity contribution in [2.45, 2.75) is 18.9 Å². The van der Waals surface area contributed by atoms with Crippen molar-refractivity contribution < 1.29 is 15.0 Å². The first-order chi connectivity index (χ1) is 6.56. The molecule has 0 fully saturated rings. The summed E-state index contributed by atoms with van der Waals surface area (Å²) in [6.45, 7) is 1.73. The van der Waals surface area contributed by atoms with Gasteiger partial charge in [0.15, 0.2) is 5.60 Å². The maximum absolute atomic E-state index is 11.0. The van der Waals surface area contributed by atoms with Crippen LogP contribution < -0.4 is 0 Å². The molecule has 0 spiro atoms. The molecule has 0 bridgehead atoms. The number of aliphatic carboxylic acids is 1. The fraction of sp³-hybridized carbons (Fsp3) is 0.400. The van der Waals surface area contributed by atoms with E-state index in [0.717, 1.165) is 5.56 Å². The number of aliphatic hydroxyl groups is 1. The summed E-state index contributed by atoms with van der Waals surface area (Å²) < 4.78 is 0. The molecule has 0 amide bonds. The zero-order valence-electron chi connectivity index (χ0n) is 7.77. The molecule has 74 valence electrons. The number of fused-ring (bicyclic) bond motifs is 1. The minimum atomic E-state index is -1.74. The average molecular weight is 193 g/mol. The van der Waals surface area contributed by atoms with Crippen LogP contribution >= 0.6 is 0 Å². The fourth-order valence-electron chi connectivity index (χ4n) is 2.03. The fourth-order valence-corrected chi connectivity index (χ4v) is 2.03. The Morgan fingerprint density at radius 3 is 3.07 bits per heavy atom. The van der Waals surface area contributed by atoms with Crippen LogP contribution in [0.3, 0.4) is 0 Å². The van der Waals surface area contributed by atoms with E-state index in [1.165, 1.54) is 6.20 Å². The van der Waals surface area contributed by atoms with Gasteiger partial charge in [0.25, 0.3) is 0 Å². The largest absolute Gasteiger partial charge is 0.479 e. The van der Waals surface area contributed by atoms with E-state index in [9.17, 15) is 9.90 Å². The van der Waals surface area contributed by atoms with Gasteiger partial charge in [0.1, 0.15) is 0 Å². The molecule has 1 aromatic heterocycles. The minimum absolute atomic E-state index is 0.306. The number of rotatable bonds is 1. The lowest BCUT2D eigenvalue weighted by Gasteiger charge is -2.23. The Morgan fingerprint density at radius 1 is 1.71 bits per heavy atom. The standard InChI is InChI=1S/C10H11NO3/c1-6-4-7-5-11-3-2-8(7)10(6,14)9(12)13/h2-3,5-6,14H,4H2,1H3,(H,12,13). The molecule has 2 N–H and O–H groups in total. The SMILES string of the molecule is CC1Cc2cnccc2C1(O)C(=O)O. The third-order valence-corrected chi connectivity index (χ3v) is 2.88. The lowest BCUT2D eigenvalue weighted by molar-refractivity contribution is -0.164. The van der Waals surface area contributed by atoms with E-state index in [-0.39, 0.29) is 5.92 Å². The number of carbonyl (C=O) groups is 1. The van der Waals surface area contributed by atoms with Crippen molar-refractivity contribution in [1.29, 1.82) is 0 Å². The van der Waals surface area contributed by atoms with Crippen LogP contribution in [0.1, 0.15) is 18.1 Å². The Labute approximate surface area is 81.2 Å². The topological polar surface area (TPSA) is 70.4 Å². The van der Waals surface area contributed by atoms with Gasteiger partial charge >= 0.3 is 5.97 Å². The first kappa shape index (κ1) is 9.15. The van der Waals surface area contributed by atoms with Crippen molar-refractivity contribution in [2.75, 3.05) is 0 Å². The van der Waals surface area contributed by atoms with Crippen molar-refractivity contribution in [3.63, 3.8) is 0 Å². The van der Waals surface area contributed by atoms with Gasteiger partial charge in [-0.05, 0) is 18.1 Å². The number of carboxylic acids is 1. The maximum atomic E-state index is 11.0. The Balaban J connectivity index is 2.60. The Kier molecular flexibility index (Phi) is 1.82. The highest BCUT2D eigenvalue weighted by Gasteiger charge is 2.49.